The molecule has 2 rings (SSSR count). The normalized spacial score (nSPS) is 10.2. The lowest BCUT2D eigenvalue weighted by Gasteiger charge is -2.11. The van der Waals surface area contributed by atoms with E-state index in [1.165, 1.54) is 20.4 Å². The van der Waals surface area contributed by atoms with Crippen LogP contribution < -0.4 is 20.2 Å². The number of nitrogens with zero attached hydrogens (tertiary/aromatic N) is 2. The van der Waals surface area contributed by atoms with E-state index in [4.69, 9.17) is 9.47 Å². The van der Waals surface area contributed by atoms with Gasteiger partial charge in [0, 0.05) is 18.5 Å². The number of aromatic nitrogens is 1. The van der Waals surface area contributed by atoms with Crippen molar-refractivity contribution in [3.8, 4) is 11.5 Å². The van der Waals surface area contributed by atoms with Crippen LogP contribution in [0.15, 0.2) is 47.8 Å². The third kappa shape index (κ3) is 4.54. The van der Waals surface area contributed by atoms with E-state index in [1.54, 1.807) is 42.7 Å². The largest absolute Gasteiger partial charge is 0.497 e. The summed E-state index contributed by atoms with van der Waals surface area (Å²) >= 11 is 0. The molecule has 0 unspecified atom stereocenters. The minimum absolute atomic E-state index is 0.315. The van der Waals surface area contributed by atoms with E-state index in [-0.39, 0.29) is 0 Å². The van der Waals surface area contributed by atoms with Crippen LogP contribution in [0.1, 0.15) is 5.56 Å². The van der Waals surface area contributed by atoms with Crippen molar-refractivity contribution in [3.63, 3.8) is 0 Å². The van der Waals surface area contributed by atoms with E-state index in [0.717, 1.165) is 5.56 Å². The fraction of sp³-hybridized carbons (Fsp3) is 0.125. The van der Waals surface area contributed by atoms with Crippen LogP contribution in [0.2, 0.25) is 0 Å². The van der Waals surface area contributed by atoms with Crippen LogP contribution in [0.4, 0.5) is 5.69 Å². The summed E-state index contributed by atoms with van der Waals surface area (Å²) in [7, 11) is 2.95. The first-order valence-corrected chi connectivity index (χ1v) is 6.90. The summed E-state index contributed by atoms with van der Waals surface area (Å²) in [5.74, 6) is -0.877. The number of hydrogen-bond acceptors (Lipinski definition) is 6. The molecule has 0 aliphatic carbocycles. The van der Waals surface area contributed by atoms with Crippen LogP contribution in [0.25, 0.3) is 0 Å². The Bertz CT molecular complexity index is 747. The van der Waals surface area contributed by atoms with Crippen LogP contribution in [-0.2, 0) is 9.59 Å². The van der Waals surface area contributed by atoms with E-state index in [1.807, 2.05) is 0 Å². The fourth-order valence-electron chi connectivity index (χ4n) is 1.76. The lowest BCUT2D eigenvalue weighted by Crippen LogP contribution is -2.32. The Morgan fingerprint density at radius 2 is 1.83 bits per heavy atom. The van der Waals surface area contributed by atoms with Gasteiger partial charge in [-0.25, -0.2) is 5.43 Å². The van der Waals surface area contributed by atoms with Gasteiger partial charge in [0.15, 0.2) is 0 Å². The summed E-state index contributed by atoms with van der Waals surface area (Å²) in [4.78, 5) is 27.5. The topological polar surface area (TPSA) is 102 Å². The van der Waals surface area contributed by atoms with Gasteiger partial charge in [-0.2, -0.15) is 5.10 Å². The van der Waals surface area contributed by atoms with Gasteiger partial charge in [-0.15, -0.1) is 0 Å². The molecule has 1 aromatic carbocycles. The third-order valence-electron chi connectivity index (χ3n) is 2.95. The van der Waals surface area contributed by atoms with E-state index < -0.39 is 11.8 Å². The molecule has 0 saturated carbocycles. The Morgan fingerprint density at radius 3 is 2.50 bits per heavy atom. The SMILES string of the molecule is COc1ccc(OC)c(NC(=O)C(=O)N/N=C\c2ccncc2)c1. The smallest absolute Gasteiger partial charge is 0.329 e. The van der Waals surface area contributed by atoms with Gasteiger partial charge in [0.25, 0.3) is 0 Å². The van der Waals surface area contributed by atoms with Gasteiger partial charge >= 0.3 is 11.8 Å². The number of methoxy groups -OCH3 is 2. The molecule has 0 aliphatic rings. The predicted molar refractivity (Wildman–Crippen MR) is 88.1 cm³/mol. The quantitative estimate of drug-likeness (QED) is 0.488. The number of anilines is 1. The highest BCUT2D eigenvalue weighted by atomic mass is 16.5. The van der Waals surface area contributed by atoms with Gasteiger partial charge in [-0.3, -0.25) is 14.6 Å². The minimum atomic E-state index is -0.912. The molecule has 0 bridgehead atoms. The summed E-state index contributed by atoms with van der Waals surface area (Å²) < 4.78 is 10.2. The number of ether oxygens (including phenoxy) is 2. The second-order valence-electron chi connectivity index (χ2n) is 4.50. The predicted octanol–water partition coefficient (Wildman–Crippen LogP) is 1.19. The third-order valence-corrected chi connectivity index (χ3v) is 2.95. The number of hydrazone groups is 1. The first kappa shape index (κ1) is 16.9. The molecule has 1 heterocycles. The first-order valence-electron chi connectivity index (χ1n) is 6.90. The van der Waals surface area contributed by atoms with Crippen molar-refractivity contribution in [1.82, 2.24) is 10.4 Å². The number of hydrogen-bond donors (Lipinski definition) is 2. The van der Waals surface area contributed by atoms with Crippen molar-refractivity contribution in [2.75, 3.05) is 19.5 Å². The van der Waals surface area contributed by atoms with Crippen molar-refractivity contribution in [2.45, 2.75) is 0 Å². The summed E-state index contributed by atoms with van der Waals surface area (Å²) in [5.41, 5.74) is 3.19. The lowest BCUT2D eigenvalue weighted by molar-refractivity contribution is -0.136. The van der Waals surface area contributed by atoms with E-state index >= 15 is 0 Å². The van der Waals surface area contributed by atoms with Gasteiger partial charge in [-0.05, 0) is 29.8 Å². The monoisotopic (exact) mass is 328 g/mol. The number of nitrogens with one attached hydrogen (secondary N) is 2. The molecule has 124 valence electrons. The maximum atomic E-state index is 11.9. The molecular weight excluding hydrogens is 312 g/mol. The molecule has 0 atom stereocenters. The lowest BCUT2D eigenvalue weighted by atomic mass is 10.2. The van der Waals surface area contributed by atoms with Gasteiger partial charge in [0.2, 0.25) is 0 Å². The van der Waals surface area contributed by atoms with Crippen LogP contribution in [0, 0.1) is 0 Å². The van der Waals surface area contributed by atoms with Gasteiger partial charge in [0.05, 0.1) is 26.1 Å². The number of benzene rings is 1. The van der Waals surface area contributed by atoms with Crippen LogP contribution in [-0.4, -0.2) is 37.2 Å². The van der Waals surface area contributed by atoms with Crippen LogP contribution in [0.3, 0.4) is 0 Å². The minimum Gasteiger partial charge on any atom is -0.497 e. The molecule has 8 nitrogen and oxygen atoms in total. The number of pyridine rings is 1. The molecule has 0 aliphatic heterocycles. The Balaban J connectivity index is 1.99. The van der Waals surface area contributed by atoms with Crippen molar-refractivity contribution >= 4 is 23.7 Å². The highest BCUT2D eigenvalue weighted by molar-refractivity contribution is 6.39. The molecule has 1 aromatic heterocycles. The van der Waals surface area contributed by atoms with Gasteiger partial charge in [0.1, 0.15) is 11.5 Å². The molecule has 0 saturated heterocycles. The van der Waals surface area contributed by atoms with Crippen molar-refractivity contribution in [1.29, 1.82) is 0 Å². The van der Waals surface area contributed by atoms with Gasteiger partial charge in [-0.1, -0.05) is 0 Å². The number of rotatable bonds is 5. The summed E-state index contributed by atoms with van der Waals surface area (Å²) in [6, 6.07) is 8.25. The second kappa shape index (κ2) is 8.28. The Morgan fingerprint density at radius 1 is 1.08 bits per heavy atom. The molecule has 24 heavy (non-hydrogen) atoms. The zero-order valence-electron chi connectivity index (χ0n) is 13.1. The number of carbonyl (C=O) groups is 2. The van der Waals surface area contributed by atoms with Crippen molar-refractivity contribution in [3.05, 3.63) is 48.3 Å². The molecule has 0 fully saturated rings. The zero-order chi connectivity index (χ0) is 17.4. The van der Waals surface area contributed by atoms with Crippen molar-refractivity contribution in [2.24, 2.45) is 5.10 Å². The summed E-state index contributed by atoms with van der Waals surface area (Å²) in [6.45, 7) is 0. The average Bonchev–Trinajstić information content (AvgIpc) is 2.62. The second-order valence-corrected chi connectivity index (χ2v) is 4.50. The molecule has 2 N–H and O–H groups in total. The van der Waals surface area contributed by atoms with E-state index in [0.29, 0.717) is 17.2 Å². The zero-order valence-corrected chi connectivity index (χ0v) is 13.1. The molecule has 8 heteroatoms. The fourth-order valence-corrected chi connectivity index (χ4v) is 1.76. The molecule has 0 radical (unpaired) electrons. The number of amides is 2. The Labute approximate surface area is 138 Å². The first-order chi connectivity index (χ1) is 11.6. The molecule has 2 amide bonds. The molecule has 2 aromatic rings. The van der Waals surface area contributed by atoms with Crippen LogP contribution in [0.5, 0.6) is 11.5 Å². The highest BCUT2D eigenvalue weighted by Gasteiger charge is 2.15. The van der Waals surface area contributed by atoms with E-state index in [9.17, 15) is 9.59 Å². The maximum Gasteiger partial charge on any atom is 0.329 e. The Kier molecular flexibility index (Phi) is 5.84. The van der Waals surface area contributed by atoms with Crippen LogP contribution >= 0.6 is 0 Å². The van der Waals surface area contributed by atoms with Gasteiger partial charge < -0.3 is 14.8 Å². The summed E-state index contributed by atoms with van der Waals surface area (Å²) in [6.07, 6.45) is 4.58. The maximum absolute atomic E-state index is 11.9. The average molecular weight is 328 g/mol. The Hall–Kier alpha value is -3.42. The van der Waals surface area contributed by atoms with Crippen molar-refractivity contribution < 1.29 is 19.1 Å². The molecular formula is C16H16N4O4. The van der Waals surface area contributed by atoms with E-state index in [2.05, 4.69) is 20.8 Å². The number of carbonyl (C=O) groups excluding carboxylic acids is 2. The summed E-state index contributed by atoms with van der Waals surface area (Å²) in [5, 5.41) is 6.16. The highest BCUT2D eigenvalue weighted by Crippen LogP contribution is 2.28. The standard InChI is InChI=1S/C16H16N4O4/c1-23-12-3-4-14(24-2)13(9-12)19-15(21)16(22)20-18-10-11-5-7-17-8-6-11/h3-10H,1-2H3,(H,19,21)(H,20,22)/b18-10-. The molecule has 0 spiro atoms.